The molecule has 2 heterocycles. The van der Waals surface area contributed by atoms with Crippen molar-refractivity contribution in [3.05, 3.63) is 22.2 Å². The van der Waals surface area contributed by atoms with Crippen molar-refractivity contribution in [2.24, 2.45) is 11.7 Å². The molecule has 7 heteroatoms. The summed E-state index contributed by atoms with van der Waals surface area (Å²) in [6.45, 7) is 4.30. The summed E-state index contributed by atoms with van der Waals surface area (Å²) in [6, 6.07) is 1.50. The van der Waals surface area contributed by atoms with Crippen LogP contribution in [0.5, 0.6) is 0 Å². The number of amides is 1. The predicted molar refractivity (Wildman–Crippen MR) is 81.2 cm³/mol. The van der Waals surface area contributed by atoms with E-state index < -0.39 is 0 Å². The molecule has 4 N–H and O–H groups in total. The molecule has 0 saturated carbocycles. The van der Waals surface area contributed by atoms with Gasteiger partial charge in [-0.3, -0.25) is 9.59 Å². The van der Waals surface area contributed by atoms with Crippen LogP contribution in [0.25, 0.3) is 0 Å². The van der Waals surface area contributed by atoms with Crippen LogP contribution in [0.1, 0.15) is 25.6 Å². The number of nitrogens with zero attached hydrogens (tertiary/aromatic N) is 2. The zero-order valence-electron chi connectivity index (χ0n) is 12.4. The van der Waals surface area contributed by atoms with Crippen LogP contribution in [-0.2, 0) is 11.2 Å². The van der Waals surface area contributed by atoms with Gasteiger partial charge in [-0.1, -0.05) is 6.92 Å². The SMILES string of the molecule is CCc1nc(N2CCCC(C(=O)NCCN)C2)cc(=O)[nH]1. The summed E-state index contributed by atoms with van der Waals surface area (Å²) in [4.78, 5) is 32.9. The van der Waals surface area contributed by atoms with E-state index in [9.17, 15) is 9.59 Å². The van der Waals surface area contributed by atoms with Gasteiger partial charge in [0.1, 0.15) is 11.6 Å². The summed E-state index contributed by atoms with van der Waals surface area (Å²) in [7, 11) is 0. The maximum absolute atomic E-state index is 12.0. The fourth-order valence-corrected chi connectivity index (χ4v) is 2.56. The topological polar surface area (TPSA) is 104 Å². The molecule has 1 aromatic heterocycles. The van der Waals surface area contributed by atoms with Gasteiger partial charge in [0.2, 0.25) is 5.91 Å². The van der Waals surface area contributed by atoms with E-state index in [2.05, 4.69) is 15.3 Å². The molecular weight excluding hydrogens is 270 g/mol. The molecule has 2 rings (SSSR count). The number of carbonyl (C=O) groups is 1. The molecule has 1 aliphatic rings. The smallest absolute Gasteiger partial charge is 0.252 e. The third-order valence-electron chi connectivity index (χ3n) is 3.67. The first-order chi connectivity index (χ1) is 10.1. The van der Waals surface area contributed by atoms with Crippen LogP contribution in [0.2, 0.25) is 0 Å². The van der Waals surface area contributed by atoms with Crippen molar-refractivity contribution in [2.45, 2.75) is 26.2 Å². The number of anilines is 1. The van der Waals surface area contributed by atoms with Crippen molar-refractivity contribution in [3.63, 3.8) is 0 Å². The van der Waals surface area contributed by atoms with Crippen LogP contribution in [0.4, 0.5) is 5.82 Å². The average molecular weight is 293 g/mol. The van der Waals surface area contributed by atoms with Crippen LogP contribution in [0, 0.1) is 5.92 Å². The van der Waals surface area contributed by atoms with Crippen LogP contribution in [0.3, 0.4) is 0 Å². The second kappa shape index (κ2) is 7.21. The molecule has 1 atom stereocenters. The third-order valence-corrected chi connectivity index (χ3v) is 3.67. The van der Waals surface area contributed by atoms with Crippen molar-refractivity contribution in [2.75, 3.05) is 31.1 Å². The highest BCUT2D eigenvalue weighted by Crippen LogP contribution is 2.21. The van der Waals surface area contributed by atoms with E-state index in [-0.39, 0.29) is 17.4 Å². The lowest BCUT2D eigenvalue weighted by atomic mass is 9.97. The number of carbonyl (C=O) groups excluding carboxylic acids is 1. The number of H-pyrrole nitrogens is 1. The van der Waals surface area contributed by atoms with Crippen LogP contribution < -0.4 is 21.5 Å². The van der Waals surface area contributed by atoms with Crippen molar-refractivity contribution >= 4 is 11.7 Å². The van der Waals surface area contributed by atoms with Gasteiger partial charge in [0, 0.05) is 38.7 Å². The molecule has 0 aromatic carbocycles. The van der Waals surface area contributed by atoms with E-state index in [1.54, 1.807) is 0 Å². The van der Waals surface area contributed by atoms with Crippen molar-refractivity contribution in [1.29, 1.82) is 0 Å². The lowest BCUT2D eigenvalue weighted by molar-refractivity contribution is -0.125. The third kappa shape index (κ3) is 4.04. The fourth-order valence-electron chi connectivity index (χ4n) is 2.56. The summed E-state index contributed by atoms with van der Waals surface area (Å²) in [5.74, 6) is 1.29. The summed E-state index contributed by atoms with van der Waals surface area (Å²) < 4.78 is 0. The maximum atomic E-state index is 12.0. The van der Waals surface area contributed by atoms with Gasteiger partial charge in [-0.2, -0.15) is 0 Å². The van der Waals surface area contributed by atoms with Crippen LogP contribution >= 0.6 is 0 Å². The second-order valence-electron chi connectivity index (χ2n) is 5.27. The lowest BCUT2D eigenvalue weighted by Gasteiger charge is -2.32. The Morgan fingerprint density at radius 3 is 3.14 bits per heavy atom. The highest BCUT2D eigenvalue weighted by atomic mass is 16.2. The molecule has 1 aromatic rings. The molecule has 21 heavy (non-hydrogen) atoms. The first kappa shape index (κ1) is 15.5. The molecule has 1 aliphatic heterocycles. The van der Waals surface area contributed by atoms with E-state index in [4.69, 9.17) is 5.73 Å². The van der Waals surface area contributed by atoms with E-state index in [0.717, 1.165) is 19.4 Å². The van der Waals surface area contributed by atoms with E-state index in [1.165, 1.54) is 6.07 Å². The number of aromatic nitrogens is 2. The van der Waals surface area contributed by atoms with Gasteiger partial charge in [-0.05, 0) is 12.8 Å². The monoisotopic (exact) mass is 293 g/mol. The molecule has 0 radical (unpaired) electrons. The minimum absolute atomic E-state index is 0.0331. The van der Waals surface area contributed by atoms with Crippen molar-refractivity contribution in [3.8, 4) is 0 Å². The highest BCUT2D eigenvalue weighted by molar-refractivity contribution is 5.79. The van der Waals surface area contributed by atoms with Gasteiger partial charge < -0.3 is 20.9 Å². The van der Waals surface area contributed by atoms with Crippen molar-refractivity contribution < 1.29 is 4.79 Å². The fraction of sp³-hybridized carbons (Fsp3) is 0.643. The molecule has 7 nitrogen and oxygen atoms in total. The van der Waals surface area contributed by atoms with Gasteiger partial charge in [0.25, 0.3) is 5.56 Å². The van der Waals surface area contributed by atoms with E-state index in [0.29, 0.717) is 37.7 Å². The molecule has 1 saturated heterocycles. The molecule has 0 bridgehead atoms. The predicted octanol–water partition coefficient (Wildman–Crippen LogP) is -0.376. The number of nitrogens with one attached hydrogen (secondary N) is 2. The Balaban J connectivity index is 2.08. The van der Waals surface area contributed by atoms with Gasteiger partial charge in [0.15, 0.2) is 0 Å². The number of hydrogen-bond donors (Lipinski definition) is 3. The van der Waals surface area contributed by atoms with Crippen LogP contribution in [-0.4, -0.2) is 42.1 Å². The zero-order valence-corrected chi connectivity index (χ0v) is 12.4. The number of rotatable bonds is 5. The molecule has 0 spiro atoms. The van der Waals surface area contributed by atoms with E-state index >= 15 is 0 Å². The highest BCUT2D eigenvalue weighted by Gasteiger charge is 2.26. The number of aryl methyl sites for hydroxylation is 1. The quantitative estimate of drug-likeness (QED) is 0.687. The second-order valence-corrected chi connectivity index (χ2v) is 5.27. The summed E-state index contributed by atoms with van der Waals surface area (Å²) in [5, 5.41) is 2.83. The normalized spacial score (nSPS) is 18.6. The summed E-state index contributed by atoms with van der Waals surface area (Å²) >= 11 is 0. The Labute approximate surface area is 123 Å². The molecule has 1 amide bonds. The number of piperidine rings is 1. The van der Waals surface area contributed by atoms with E-state index in [1.807, 2.05) is 11.8 Å². The van der Waals surface area contributed by atoms with Gasteiger partial charge in [-0.15, -0.1) is 0 Å². The Bertz CT molecular complexity index is 542. The average Bonchev–Trinajstić information content (AvgIpc) is 2.52. The lowest BCUT2D eigenvalue weighted by Crippen LogP contribution is -2.44. The molecule has 0 aliphatic carbocycles. The van der Waals surface area contributed by atoms with Gasteiger partial charge in [-0.25, -0.2) is 4.98 Å². The number of nitrogens with two attached hydrogens (primary N) is 1. The first-order valence-electron chi connectivity index (χ1n) is 7.47. The molecule has 1 unspecified atom stereocenters. The molecule has 1 fully saturated rings. The largest absolute Gasteiger partial charge is 0.356 e. The Morgan fingerprint density at radius 1 is 1.62 bits per heavy atom. The first-order valence-corrected chi connectivity index (χ1v) is 7.47. The Kier molecular flexibility index (Phi) is 5.32. The van der Waals surface area contributed by atoms with Gasteiger partial charge in [0.05, 0.1) is 5.92 Å². The standard InChI is InChI=1S/C14H23N5O2/c1-2-11-17-12(8-13(20)18-11)19-7-3-4-10(9-19)14(21)16-6-5-15/h8,10H,2-7,9,15H2,1H3,(H,16,21)(H,17,18,20). The van der Waals surface area contributed by atoms with Crippen molar-refractivity contribution in [1.82, 2.24) is 15.3 Å². The summed E-state index contributed by atoms with van der Waals surface area (Å²) in [5.41, 5.74) is 5.25. The zero-order chi connectivity index (χ0) is 15.2. The molecule has 116 valence electrons. The van der Waals surface area contributed by atoms with Crippen LogP contribution in [0.15, 0.2) is 10.9 Å². The number of aromatic amines is 1. The Morgan fingerprint density at radius 2 is 2.43 bits per heavy atom. The Hall–Kier alpha value is -1.89. The molecular formula is C14H23N5O2. The minimum atomic E-state index is -0.147. The van der Waals surface area contributed by atoms with Gasteiger partial charge >= 0.3 is 0 Å². The summed E-state index contributed by atoms with van der Waals surface area (Å²) in [6.07, 6.45) is 2.45. The maximum Gasteiger partial charge on any atom is 0.252 e. The number of hydrogen-bond acceptors (Lipinski definition) is 5. The minimum Gasteiger partial charge on any atom is -0.356 e.